The lowest BCUT2D eigenvalue weighted by atomic mass is 10.1. The monoisotopic (exact) mass is 336 g/mol. The molecule has 1 aromatic carbocycles. The van der Waals surface area contributed by atoms with Crippen molar-refractivity contribution >= 4 is 26.8 Å². The Morgan fingerprint density at radius 3 is 2.87 bits per heavy atom. The van der Waals surface area contributed by atoms with Crippen LogP contribution in [0.4, 0.5) is 5.82 Å². The van der Waals surface area contributed by atoms with E-state index in [1.807, 2.05) is 18.3 Å². The van der Waals surface area contributed by atoms with Crippen molar-refractivity contribution in [2.75, 3.05) is 17.6 Å². The largest absolute Gasteiger partial charge is 0.496 e. The van der Waals surface area contributed by atoms with Crippen molar-refractivity contribution in [3.8, 4) is 5.75 Å². The van der Waals surface area contributed by atoms with Gasteiger partial charge in [0.15, 0.2) is 11.4 Å². The minimum Gasteiger partial charge on any atom is -0.496 e. The molecule has 0 radical (unpaired) electrons. The van der Waals surface area contributed by atoms with E-state index in [4.69, 9.17) is 9.26 Å². The second-order valence-corrected chi connectivity index (χ2v) is 6.92. The maximum Gasteiger partial charge on any atom is 0.233 e. The van der Waals surface area contributed by atoms with Crippen LogP contribution in [-0.4, -0.2) is 36.2 Å². The minimum absolute atomic E-state index is 0.0545. The molecule has 0 fully saturated rings. The number of benzene rings is 1. The molecule has 3 rings (SSSR count). The maximum absolute atomic E-state index is 11.7. The lowest BCUT2D eigenvalue weighted by molar-refractivity contribution is 0.418. The summed E-state index contributed by atoms with van der Waals surface area (Å²) in [5, 5.41) is 8.45. The first kappa shape index (κ1) is 15.3. The third kappa shape index (κ3) is 3.14. The number of fused-ring (bicyclic) bond motifs is 1. The predicted molar refractivity (Wildman–Crippen MR) is 85.0 cm³/mol. The van der Waals surface area contributed by atoms with Gasteiger partial charge in [0.2, 0.25) is 10.0 Å². The predicted octanol–water partition coefficient (Wildman–Crippen LogP) is 1.84. The highest BCUT2D eigenvalue weighted by Crippen LogP contribution is 2.34. The SMILES string of the molecule is CCS(=O)(=O)Nc1noc2cc(Cn3cccn3)cc(OC)c12. The van der Waals surface area contributed by atoms with E-state index in [1.54, 1.807) is 23.9 Å². The highest BCUT2D eigenvalue weighted by molar-refractivity contribution is 7.92. The van der Waals surface area contributed by atoms with E-state index in [1.165, 1.54) is 7.11 Å². The molecule has 0 unspecified atom stereocenters. The highest BCUT2D eigenvalue weighted by Gasteiger charge is 2.19. The van der Waals surface area contributed by atoms with E-state index >= 15 is 0 Å². The normalized spacial score (nSPS) is 11.7. The molecule has 0 amide bonds. The highest BCUT2D eigenvalue weighted by atomic mass is 32.2. The number of aromatic nitrogens is 3. The van der Waals surface area contributed by atoms with Gasteiger partial charge in [-0.25, -0.2) is 8.42 Å². The third-order valence-corrected chi connectivity index (χ3v) is 4.62. The van der Waals surface area contributed by atoms with Crippen molar-refractivity contribution in [2.45, 2.75) is 13.5 Å². The number of hydrogen-bond acceptors (Lipinski definition) is 6. The summed E-state index contributed by atoms with van der Waals surface area (Å²) in [6, 6.07) is 5.43. The fourth-order valence-electron chi connectivity index (χ4n) is 2.21. The van der Waals surface area contributed by atoms with E-state index in [-0.39, 0.29) is 11.6 Å². The zero-order chi connectivity index (χ0) is 16.4. The van der Waals surface area contributed by atoms with Crippen LogP contribution in [0.3, 0.4) is 0 Å². The quantitative estimate of drug-likeness (QED) is 0.737. The molecule has 9 heteroatoms. The molecule has 0 aliphatic carbocycles. The number of anilines is 1. The lowest BCUT2D eigenvalue weighted by Gasteiger charge is -2.08. The molecule has 0 saturated carbocycles. The van der Waals surface area contributed by atoms with Gasteiger partial charge in [-0.3, -0.25) is 9.40 Å². The average Bonchev–Trinajstić information content (AvgIpc) is 3.17. The van der Waals surface area contributed by atoms with Crippen LogP contribution < -0.4 is 9.46 Å². The molecule has 23 heavy (non-hydrogen) atoms. The van der Waals surface area contributed by atoms with Gasteiger partial charge in [-0.15, -0.1) is 0 Å². The van der Waals surface area contributed by atoms with Gasteiger partial charge >= 0.3 is 0 Å². The van der Waals surface area contributed by atoms with E-state index in [2.05, 4.69) is 15.0 Å². The van der Waals surface area contributed by atoms with Crippen LogP contribution >= 0.6 is 0 Å². The zero-order valence-corrected chi connectivity index (χ0v) is 13.5. The van der Waals surface area contributed by atoms with Gasteiger partial charge in [0, 0.05) is 12.4 Å². The molecule has 0 spiro atoms. The molecule has 0 bridgehead atoms. The number of nitrogens with zero attached hydrogens (tertiary/aromatic N) is 3. The second-order valence-electron chi connectivity index (χ2n) is 4.91. The number of nitrogens with one attached hydrogen (secondary N) is 1. The summed E-state index contributed by atoms with van der Waals surface area (Å²) in [5.41, 5.74) is 1.35. The molecule has 2 heterocycles. The molecule has 122 valence electrons. The number of hydrogen-bond donors (Lipinski definition) is 1. The molecule has 0 saturated heterocycles. The van der Waals surface area contributed by atoms with E-state index in [9.17, 15) is 8.42 Å². The van der Waals surface area contributed by atoms with E-state index in [0.717, 1.165) is 5.56 Å². The average molecular weight is 336 g/mol. The van der Waals surface area contributed by atoms with Gasteiger partial charge in [0.1, 0.15) is 11.1 Å². The summed E-state index contributed by atoms with van der Waals surface area (Å²) in [5.74, 6) is 0.560. The first-order valence-electron chi connectivity index (χ1n) is 6.96. The van der Waals surface area contributed by atoms with Crippen LogP contribution in [0.5, 0.6) is 5.75 Å². The lowest BCUT2D eigenvalue weighted by Crippen LogP contribution is -2.15. The van der Waals surface area contributed by atoms with E-state index < -0.39 is 10.0 Å². The van der Waals surface area contributed by atoms with Gasteiger partial charge < -0.3 is 9.26 Å². The first-order chi connectivity index (χ1) is 11.0. The molecular weight excluding hydrogens is 320 g/mol. The van der Waals surface area contributed by atoms with Crippen molar-refractivity contribution in [3.05, 3.63) is 36.2 Å². The van der Waals surface area contributed by atoms with Crippen LogP contribution in [0.2, 0.25) is 0 Å². The molecule has 8 nitrogen and oxygen atoms in total. The van der Waals surface area contributed by atoms with Crippen LogP contribution in [0.15, 0.2) is 35.1 Å². The Balaban J connectivity index is 2.03. The molecule has 0 aliphatic rings. The Kier molecular flexibility index (Phi) is 3.95. The second kappa shape index (κ2) is 5.92. The molecule has 0 atom stereocenters. The molecule has 1 N–H and O–H groups in total. The Morgan fingerprint density at radius 2 is 2.22 bits per heavy atom. The van der Waals surface area contributed by atoms with Crippen LogP contribution in [0.25, 0.3) is 11.0 Å². The summed E-state index contributed by atoms with van der Waals surface area (Å²) >= 11 is 0. The molecule has 0 aliphatic heterocycles. The van der Waals surface area contributed by atoms with Gasteiger partial charge in [-0.2, -0.15) is 5.10 Å². The minimum atomic E-state index is -3.45. The van der Waals surface area contributed by atoms with Crippen LogP contribution in [0, 0.1) is 0 Å². The van der Waals surface area contributed by atoms with Crippen LogP contribution in [-0.2, 0) is 16.6 Å². The Bertz CT molecular complexity index is 916. The molecule has 3 aromatic rings. The van der Waals surface area contributed by atoms with Gasteiger partial charge in [0.25, 0.3) is 0 Å². The zero-order valence-electron chi connectivity index (χ0n) is 12.7. The van der Waals surface area contributed by atoms with E-state index in [0.29, 0.717) is 23.3 Å². The Labute approximate surface area is 133 Å². The number of sulfonamides is 1. The Morgan fingerprint density at radius 1 is 1.39 bits per heavy atom. The number of ether oxygens (including phenoxy) is 1. The summed E-state index contributed by atoms with van der Waals surface area (Å²) in [4.78, 5) is 0. The van der Waals surface area contributed by atoms with Crippen LogP contribution in [0.1, 0.15) is 12.5 Å². The topological polar surface area (TPSA) is 99.2 Å². The third-order valence-electron chi connectivity index (χ3n) is 3.35. The molecule has 2 aromatic heterocycles. The maximum atomic E-state index is 11.7. The summed E-state index contributed by atoms with van der Waals surface area (Å²) in [7, 11) is -1.94. The van der Waals surface area contributed by atoms with Gasteiger partial charge in [-0.05, 0) is 30.7 Å². The summed E-state index contributed by atoms with van der Waals surface area (Å²) in [6.07, 6.45) is 3.54. The summed E-state index contributed by atoms with van der Waals surface area (Å²) < 4.78 is 38.3. The van der Waals surface area contributed by atoms with Crippen molar-refractivity contribution in [3.63, 3.8) is 0 Å². The smallest absolute Gasteiger partial charge is 0.233 e. The van der Waals surface area contributed by atoms with Crippen molar-refractivity contribution in [1.29, 1.82) is 0 Å². The standard InChI is InChI=1S/C14H16N4O4S/c1-3-23(19,20)17-14-13-11(21-2)7-10(8-12(13)22-16-14)9-18-6-4-5-15-18/h4-8H,3,9H2,1-2H3,(H,16,17). The van der Waals surface area contributed by atoms with Gasteiger partial charge in [0.05, 0.1) is 19.4 Å². The Hall–Kier alpha value is -2.55. The van der Waals surface area contributed by atoms with Crippen molar-refractivity contribution < 1.29 is 17.7 Å². The number of methoxy groups -OCH3 is 1. The van der Waals surface area contributed by atoms with Crippen molar-refractivity contribution in [1.82, 2.24) is 14.9 Å². The van der Waals surface area contributed by atoms with Crippen molar-refractivity contribution in [2.24, 2.45) is 0 Å². The number of rotatable bonds is 6. The first-order valence-corrected chi connectivity index (χ1v) is 8.62. The molecular formula is C14H16N4O4S. The summed E-state index contributed by atoms with van der Waals surface area (Å²) in [6.45, 7) is 2.08. The fourth-order valence-corrected chi connectivity index (χ4v) is 2.79. The van der Waals surface area contributed by atoms with Gasteiger partial charge in [-0.1, -0.05) is 5.16 Å². The fraction of sp³-hybridized carbons (Fsp3) is 0.286.